The SMILES string of the molecule is O=C(Nc1cnn(-c2nc(C(=O)NC3CNC3)cs2)c1)Nc1ccccc1Cl. The molecule has 0 aliphatic carbocycles. The van der Waals surface area contributed by atoms with Crippen molar-refractivity contribution >= 4 is 46.3 Å². The fraction of sp³-hybridized carbons (Fsp3) is 0.176. The van der Waals surface area contributed by atoms with Crippen LogP contribution >= 0.6 is 22.9 Å². The first-order valence-electron chi connectivity index (χ1n) is 8.43. The molecule has 3 amide bonds. The maximum atomic E-state index is 12.1. The van der Waals surface area contributed by atoms with E-state index in [9.17, 15) is 9.59 Å². The van der Waals surface area contributed by atoms with E-state index in [-0.39, 0.29) is 11.9 Å². The van der Waals surface area contributed by atoms with Crippen LogP contribution in [0.15, 0.2) is 42.0 Å². The van der Waals surface area contributed by atoms with E-state index in [4.69, 9.17) is 11.6 Å². The average Bonchev–Trinajstić information content (AvgIpc) is 3.29. The lowest BCUT2D eigenvalue weighted by Crippen LogP contribution is -2.56. The van der Waals surface area contributed by atoms with Gasteiger partial charge >= 0.3 is 6.03 Å². The van der Waals surface area contributed by atoms with Crippen molar-refractivity contribution in [3.8, 4) is 5.13 Å². The van der Waals surface area contributed by atoms with Crippen molar-refractivity contribution in [3.63, 3.8) is 0 Å². The molecule has 0 radical (unpaired) electrons. The van der Waals surface area contributed by atoms with Crippen molar-refractivity contribution in [3.05, 3.63) is 52.8 Å². The summed E-state index contributed by atoms with van der Waals surface area (Å²) in [5.74, 6) is -0.210. The highest BCUT2D eigenvalue weighted by Gasteiger charge is 2.21. The van der Waals surface area contributed by atoms with Gasteiger partial charge in [0.15, 0.2) is 0 Å². The van der Waals surface area contributed by atoms with Gasteiger partial charge in [-0.15, -0.1) is 11.3 Å². The number of hydrogen-bond donors (Lipinski definition) is 4. The van der Waals surface area contributed by atoms with Crippen molar-refractivity contribution < 1.29 is 9.59 Å². The van der Waals surface area contributed by atoms with Crippen LogP contribution in [0.2, 0.25) is 5.02 Å². The summed E-state index contributed by atoms with van der Waals surface area (Å²) >= 11 is 7.31. The molecule has 3 heterocycles. The molecule has 2 aromatic heterocycles. The topological polar surface area (TPSA) is 113 Å². The Hall–Kier alpha value is -2.95. The maximum absolute atomic E-state index is 12.1. The van der Waals surface area contributed by atoms with E-state index in [2.05, 4.69) is 31.3 Å². The van der Waals surface area contributed by atoms with Gasteiger partial charge in [-0.25, -0.2) is 14.5 Å². The number of thiazole rings is 1. The molecule has 1 fully saturated rings. The molecule has 4 N–H and O–H groups in total. The van der Waals surface area contributed by atoms with E-state index < -0.39 is 6.03 Å². The number of aromatic nitrogens is 3. The first kappa shape index (κ1) is 18.4. The normalized spacial score (nSPS) is 13.6. The Morgan fingerprint density at radius 3 is 2.82 bits per heavy atom. The number of amides is 3. The molecule has 144 valence electrons. The highest BCUT2D eigenvalue weighted by Crippen LogP contribution is 2.21. The van der Waals surface area contributed by atoms with Gasteiger partial charge in [0.05, 0.1) is 34.8 Å². The van der Waals surface area contributed by atoms with Crippen LogP contribution in [0.5, 0.6) is 0 Å². The smallest absolute Gasteiger partial charge is 0.323 e. The number of nitrogens with zero attached hydrogens (tertiary/aromatic N) is 3. The molecule has 0 atom stereocenters. The van der Waals surface area contributed by atoms with Gasteiger partial charge in [0.2, 0.25) is 5.13 Å². The number of benzene rings is 1. The Bertz CT molecular complexity index is 1010. The van der Waals surface area contributed by atoms with Gasteiger partial charge in [0.1, 0.15) is 5.69 Å². The van der Waals surface area contributed by atoms with Gasteiger partial charge < -0.3 is 21.3 Å². The maximum Gasteiger partial charge on any atom is 0.323 e. The van der Waals surface area contributed by atoms with Crippen LogP contribution in [0.25, 0.3) is 5.13 Å². The number of rotatable bonds is 5. The molecule has 4 rings (SSSR count). The molecule has 9 nitrogen and oxygen atoms in total. The zero-order valence-electron chi connectivity index (χ0n) is 14.5. The Morgan fingerprint density at radius 2 is 2.07 bits per heavy atom. The van der Waals surface area contributed by atoms with E-state index in [0.717, 1.165) is 13.1 Å². The summed E-state index contributed by atoms with van der Waals surface area (Å²) in [6.07, 6.45) is 3.11. The first-order chi connectivity index (χ1) is 13.6. The number of anilines is 2. The lowest BCUT2D eigenvalue weighted by atomic mass is 10.2. The van der Waals surface area contributed by atoms with E-state index in [0.29, 0.717) is 27.2 Å². The zero-order chi connectivity index (χ0) is 19.5. The average molecular weight is 418 g/mol. The third-order valence-electron chi connectivity index (χ3n) is 4.00. The van der Waals surface area contributed by atoms with Gasteiger partial charge in [-0.1, -0.05) is 23.7 Å². The number of halogens is 1. The van der Waals surface area contributed by atoms with Crippen LogP contribution in [0.4, 0.5) is 16.2 Å². The van der Waals surface area contributed by atoms with Crippen LogP contribution in [-0.2, 0) is 0 Å². The van der Waals surface area contributed by atoms with Gasteiger partial charge in [-0.05, 0) is 12.1 Å². The molecule has 0 spiro atoms. The quantitative estimate of drug-likeness (QED) is 0.509. The molecule has 1 aliphatic rings. The Labute approximate surface area is 169 Å². The molecule has 0 unspecified atom stereocenters. The largest absolute Gasteiger partial charge is 0.345 e. The fourth-order valence-corrected chi connectivity index (χ4v) is 3.38. The molecule has 3 aromatic rings. The van der Waals surface area contributed by atoms with E-state index in [1.807, 2.05) is 0 Å². The van der Waals surface area contributed by atoms with Crippen molar-refractivity contribution in [2.24, 2.45) is 0 Å². The highest BCUT2D eigenvalue weighted by molar-refractivity contribution is 7.12. The monoisotopic (exact) mass is 417 g/mol. The molecule has 0 saturated carbocycles. The summed E-state index contributed by atoms with van der Waals surface area (Å²) in [6.45, 7) is 1.54. The zero-order valence-corrected chi connectivity index (χ0v) is 16.0. The number of urea groups is 1. The summed E-state index contributed by atoms with van der Waals surface area (Å²) in [5, 5.41) is 18.2. The van der Waals surface area contributed by atoms with Crippen molar-refractivity contribution in [1.82, 2.24) is 25.4 Å². The van der Waals surface area contributed by atoms with Crippen LogP contribution < -0.4 is 21.3 Å². The number of carbonyl (C=O) groups is 2. The van der Waals surface area contributed by atoms with Crippen molar-refractivity contribution in [2.75, 3.05) is 23.7 Å². The summed E-state index contributed by atoms with van der Waals surface area (Å²) in [5.41, 5.74) is 1.32. The van der Waals surface area contributed by atoms with Crippen LogP contribution in [0.3, 0.4) is 0 Å². The second-order valence-electron chi connectivity index (χ2n) is 6.08. The Balaban J connectivity index is 1.38. The second kappa shape index (κ2) is 7.97. The van der Waals surface area contributed by atoms with Gasteiger partial charge in [0.25, 0.3) is 5.91 Å². The number of para-hydroxylation sites is 1. The van der Waals surface area contributed by atoms with Gasteiger partial charge in [0, 0.05) is 18.5 Å². The van der Waals surface area contributed by atoms with Gasteiger partial charge in [-0.3, -0.25) is 4.79 Å². The predicted molar refractivity (Wildman–Crippen MR) is 107 cm³/mol. The summed E-state index contributed by atoms with van der Waals surface area (Å²) in [6, 6.07) is 6.65. The van der Waals surface area contributed by atoms with Crippen molar-refractivity contribution in [1.29, 1.82) is 0 Å². The van der Waals surface area contributed by atoms with Gasteiger partial charge in [-0.2, -0.15) is 5.10 Å². The molecule has 11 heteroatoms. The van der Waals surface area contributed by atoms with E-state index in [1.54, 1.807) is 35.8 Å². The highest BCUT2D eigenvalue weighted by atomic mass is 35.5. The molecule has 28 heavy (non-hydrogen) atoms. The third-order valence-corrected chi connectivity index (χ3v) is 5.16. The fourth-order valence-electron chi connectivity index (χ4n) is 2.46. The number of hydrogen-bond acceptors (Lipinski definition) is 6. The molecule has 1 aliphatic heterocycles. The minimum Gasteiger partial charge on any atom is -0.345 e. The number of carbonyl (C=O) groups excluding carboxylic acids is 2. The lowest BCUT2D eigenvalue weighted by Gasteiger charge is -2.27. The van der Waals surface area contributed by atoms with E-state index >= 15 is 0 Å². The molecular formula is C17H16ClN7O2S. The second-order valence-corrected chi connectivity index (χ2v) is 7.32. The molecule has 0 bridgehead atoms. The molecular weight excluding hydrogens is 402 g/mol. The van der Waals surface area contributed by atoms with Crippen LogP contribution in [0, 0.1) is 0 Å². The van der Waals surface area contributed by atoms with Crippen LogP contribution in [0.1, 0.15) is 10.5 Å². The minimum absolute atomic E-state index is 0.148. The standard InChI is InChI=1S/C17H16ClN7O2S/c18-12-3-1-2-4-13(12)23-16(27)22-11-7-20-25(8-11)17-24-14(9-28-17)15(26)21-10-5-19-6-10/h1-4,7-10,19H,5-6H2,(H,21,26)(H2,22,23,27). The minimum atomic E-state index is -0.444. The summed E-state index contributed by atoms with van der Waals surface area (Å²) in [4.78, 5) is 28.6. The first-order valence-corrected chi connectivity index (χ1v) is 9.69. The molecule has 1 aromatic carbocycles. The Morgan fingerprint density at radius 1 is 1.25 bits per heavy atom. The molecule has 1 saturated heterocycles. The van der Waals surface area contributed by atoms with E-state index in [1.165, 1.54) is 22.2 Å². The predicted octanol–water partition coefficient (Wildman–Crippen LogP) is 2.33. The third kappa shape index (κ3) is 4.14. The lowest BCUT2D eigenvalue weighted by molar-refractivity contribution is 0.0919. The van der Waals surface area contributed by atoms with Crippen LogP contribution in [-0.4, -0.2) is 45.8 Å². The summed E-state index contributed by atoms with van der Waals surface area (Å²) < 4.78 is 1.50. The number of nitrogens with one attached hydrogen (secondary N) is 4. The van der Waals surface area contributed by atoms with Crippen molar-refractivity contribution in [2.45, 2.75) is 6.04 Å². The summed E-state index contributed by atoms with van der Waals surface area (Å²) in [7, 11) is 0. The Kier molecular flexibility index (Phi) is 5.24.